The predicted molar refractivity (Wildman–Crippen MR) is 131 cm³/mol. The van der Waals surface area contributed by atoms with Crippen molar-refractivity contribution < 1.29 is 9.63 Å². The highest BCUT2D eigenvalue weighted by molar-refractivity contribution is 5.92. The first-order chi connectivity index (χ1) is 16.1. The summed E-state index contributed by atoms with van der Waals surface area (Å²) in [6.07, 6.45) is 11.1. The van der Waals surface area contributed by atoms with E-state index in [0.717, 1.165) is 37.4 Å². The van der Waals surface area contributed by atoms with Crippen molar-refractivity contribution in [2.45, 2.75) is 56.9 Å². The second kappa shape index (κ2) is 11.0. The number of benzene rings is 1. The Bertz CT molecular complexity index is 950. The van der Waals surface area contributed by atoms with Gasteiger partial charge >= 0.3 is 6.03 Å². The van der Waals surface area contributed by atoms with Crippen LogP contribution in [-0.4, -0.2) is 48.5 Å². The van der Waals surface area contributed by atoms with Gasteiger partial charge in [-0.25, -0.2) is 14.8 Å². The number of carbonyl (C=O) groups excluding carboxylic acids is 1. The highest BCUT2D eigenvalue weighted by Gasteiger charge is 2.24. The number of rotatable bonds is 6. The number of nitrogens with zero attached hydrogens (tertiary/aromatic N) is 4. The van der Waals surface area contributed by atoms with E-state index < -0.39 is 0 Å². The van der Waals surface area contributed by atoms with E-state index in [4.69, 9.17) is 10.6 Å². The van der Waals surface area contributed by atoms with E-state index in [0.29, 0.717) is 17.3 Å². The third-order valence-corrected chi connectivity index (χ3v) is 6.56. The lowest BCUT2D eigenvalue weighted by Gasteiger charge is -2.33. The second-order valence-electron chi connectivity index (χ2n) is 8.73. The normalized spacial score (nSPS) is 17.8. The summed E-state index contributed by atoms with van der Waals surface area (Å²) in [5.74, 6) is 1.75. The zero-order valence-electron chi connectivity index (χ0n) is 19.2. The van der Waals surface area contributed by atoms with Gasteiger partial charge < -0.3 is 26.1 Å². The average Bonchev–Trinajstić information content (AvgIpc) is 2.85. The predicted octanol–water partition coefficient (Wildman–Crippen LogP) is 3.88. The molecule has 9 heteroatoms. The summed E-state index contributed by atoms with van der Waals surface area (Å²) >= 11 is 0. The van der Waals surface area contributed by atoms with Crippen molar-refractivity contribution in [3.63, 3.8) is 0 Å². The first kappa shape index (κ1) is 22.8. The lowest BCUT2D eigenvalue weighted by Crippen LogP contribution is -2.46. The summed E-state index contributed by atoms with van der Waals surface area (Å²) in [4.78, 5) is 27.9. The Hall–Kier alpha value is -3.36. The molecule has 4 N–H and O–H groups in total. The quantitative estimate of drug-likeness (QED) is 0.453. The molecule has 2 heterocycles. The fourth-order valence-corrected chi connectivity index (χ4v) is 4.74. The number of carbonyl (C=O) groups is 1. The molecule has 2 aliphatic rings. The van der Waals surface area contributed by atoms with Gasteiger partial charge in [-0.15, -0.1) is 0 Å². The van der Waals surface area contributed by atoms with Crippen LogP contribution in [0.1, 0.15) is 62.0 Å². The molecule has 0 unspecified atom stereocenters. The highest BCUT2D eigenvalue weighted by Crippen LogP contribution is 2.33. The van der Waals surface area contributed by atoms with Crippen LogP contribution in [0.25, 0.3) is 0 Å². The van der Waals surface area contributed by atoms with Crippen molar-refractivity contribution in [1.29, 1.82) is 0 Å². The van der Waals surface area contributed by atoms with E-state index in [1.165, 1.54) is 57.3 Å². The number of oxime groups is 1. The maximum Gasteiger partial charge on any atom is 0.319 e. The number of nitrogens with one attached hydrogen (secondary N) is 2. The van der Waals surface area contributed by atoms with E-state index in [-0.39, 0.29) is 12.1 Å². The van der Waals surface area contributed by atoms with Gasteiger partial charge in [0, 0.05) is 24.8 Å². The molecule has 1 aliphatic carbocycles. The van der Waals surface area contributed by atoms with Crippen LogP contribution in [0, 0.1) is 0 Å². The first-order valence-corrected chi connectivity index (χ1v) is 11.7. The Morgan fingerprint density at radius 1 is 1.12 bits per heavy atom. The Morgan fingerprint density at radius 3 is 2.55 bits per heavy atom. The molecule has 1 aromatic heterocycles. The van der Waals surface area contributed by atoms with Crippen molar-refractivity contribution in [2.75, 3.05) is 36.1 Å². The number of piperidine rings is 1. The minimum absolute atomic E-state index is 0.0954. The van der Waals surface area contributed by atoms with Crippen LogP contribution < -0.4 is 21.3 Å². The molecule has 0 bridgehead atoms. The molecule has 0 spiro atoms. The van der Waals surface area contributed by atoms with E-state index in [2.05, 4.69) is 42.8 Å². The van der Waals surface area contributed by atoms with Crippen molar-refractivity contribution >= 4 is 29.6 Å². The Kier molecular flexibility index (Phi) is 7.59. The van der Waals surface area contributed by atoms with Crippen LogP contribution in [0.4, 0.5) is 22.1 Å². The Labute approximate surface area is 194 Å². The maximum atomic E-state index is 12.5. The molecule has 9 nitrogen and oxygen atoms in total. The fraction of sp³-hybridized carbons (Fsp3) is 0.500. The molecule has 33 heavy (non-hydrogen) atoms. The van der Waals surface area contributed by atoms with Crippen LogP contribution >= 0.6 is 0 Å². The first-order valence-electron chi connectivity index (χ1n) is 11.7. The monoisotopic (exact) mass is 451 g/mol. The van der Waals surface area contributed by atoms with Gasteiger partial charge in [0.05, 0.1) is 11.8 Å². The number of anilines is 3. The number of nitrogen functional groups attached to an aromatic ring is 1. The van der Waals surface area contributed by atoms with Gasteiger partial charge in [0.1, 0.15) is 25.1 Å². The van der Waals surface area contributed by atoms with Gasteiger partial charge in [-0.3, -0.25) is 0 Å². The van der Waals surface area contributed by atoms with Crippen molar-refractivity contribution in [2.24, 2.45) is 5.16 Å². The highest BCUT2D eigenvalue weighted by atomic mass is 16.6. The van der Waals surface area contributed by atoms with Gasteiger partial charge in [-0.2, -0.15) is 0 Å². The van der Waals surface area contributed by atoms with Crippen LogP contribution in [0.5, 0.6) is 0 Å². The molecule has 1 saturated heterocycles. The number of nitrogens with two attached hydrogens (primary N) is 1. The number of hydrogen-bond donors (Lipinski definition) is 3. The average molecular weight is 452 g/mol. The third-order valence-electron chi connectivity index (χ3n) is 6.56. The van der Waals surface area contributed by atoms with E-state index in [9.17, 15) is 4.79 Å². The van der Waals surface area contributed by atoms with E-state index in [1.807, 2.05) is 12.1 Å². The van der Waals surface area contributed by atoms with Gasteiger partial charge in [0.25, 0.3) is 0 Å². The summed E-state index contributed by atoms with van der Waals surface area (Å²) in [7, 11) is 1.48. The van der Waals surface area contributed by atoms with Gasteiger partial charge in [0.2, 0.25) is 0 Å². The lowest BCUT2D eigenvalue weighted by atomic mass is 9.84. The molecule has 2 aromatic rings. The lowest BCUT2D eigenvalue weighted by molar-refractivity contribution is 0.215. The van der Waals surface area contributed by atoms with Gasteiger partial charge in [-0.05, 0) is 49.3 Å². The SMILES string of the molecule is CO/N=C/c1c(N)ncnc1N1CCC(NC(=O)Nc2ccc(C3CCCCC3)cc2)CC1. The standard InChI is InChI=1S/C24H33N7O2/c1-33-28-15-21-22(25)26-16-27-23(21)31-13-11-20(12-14-31)30-24(32)29-19-9-7-18(8-10-19)17-5-3-2-4-6-17/h7-10,15-17,20H,2-6,11-14H2,1H3,(H2,25,26,27)(H2,29,30,32)/b28-15+. The molecular weight excluding hydrogens is 418 g/mol. The number of hydrogen-bond acceptors (Lipinski definition) is 7. The maximum absolute atomic E-state index is 12.5. The van der Waals surface area contributed by atoms with Crippen molar-refractivity contribution in [3.8, 4) is 0 Å². The molecule has 2 fully saturated rings. The van der Waals surface area contributed by atoms with Crippen LogP contribution in [0.15, 0.2) is 35.7 Å². The minimum atomic E-state index is -0.168. The Morgan fingerprint density at radius 2 is 1.85 bits per heavy atom. The van der Waals surface area contributed by atoms with Crippen molar-refractivity contribution in [1.82, 2.24) is 15.3 Å². The number of urea groups is 1. The van der Waals surface area contributed by atoms with Crippen LogP contribution in [0.3, 0.4) is 0 Å². The summed E-state index contributed by atoms with van der Waals surface area (Å²) in [5, 5.41) is 9.87. The van der Waals surface area contributed by atoms with Gasteiger partial charge in [-0.1, -0.05) is 36.6 Å². The largest absolute Gasteiger partial charge is 0.399 e. The molecule has 4 rings (SSSR count). The molecule has 2 amide bonds. The molecule has 0 radical (unpaired) electrons. The molecule has 0 atom stereocenters. The summed E-state index contributed by atoms with van der Waals surface area (Å²) < 4.78 is 0. The summed E-state index contributed by atoms with van der Waals surface area (Å²) in [6.45, 7) is 1.48. The van der Waals surface area contributed by atoms with Crippen molar-refractivity contribution in [3.05, 3.63) is 41.7 Å². The molecular formula is C24H33N7O2. The topological polar surface area (TPSA) is 118 Å². The zero-order chi connectivity index (χ0) is 23.0. The minimum Gasteiger partial charge on any atom is -0.399 e. The molecule has 1 saturated carbocycles. The second-order valence-corrected chi connectivity index (χ2v) is 8.73. The van der Waals surface area contributed by atoms with Crippen LogP contribution in [-0.2, 0) is 4.84 Å². The molecule has 1 aliphatic heterocycles. The van der Waals surface area contributed by atoms with E-state index in [1.54, 1.807) is 0 Å². The fourth-order valence-electron chi connectivity index (χ4n) is 4.74. The smallest absolute Gasteiger partial charge is 0.319 e. The number of aromatic nitrogens is 2. The summed E-state index contributed by atoms with van der Waals surface area (Å²) in [6, 6.07) is 8.25. The zero-order valence-corrected chi connectivity index (χ0v) is 19.2. The molecule has 1 aromatic carbocycles. The van der Waals surface area contributed by atoms with E-state index >= 15 is 0 Å². The molecule has 176 valence electrons. The third kappa shape index (κ3) is 5.91. The summed E-state index contributed by atoms with van der Waals surface area (Å²) in [5.41, 5.74) is 8.84. The van der Waals surface area contributed by atoms with Gasteiger partial charge in [0.15, 0.2) is 0 Å². The number of amides is 2. The van der Waals surface area contributed by atoms with Crippen LogP contribution in [0.2, 0.25) is 0 Å². The Balaban J connectivity index is 1.27.